The maximum atomic E-state index is 11.7. The predicted molar refractivity (Wildman–Crippen MR) is 68.8 cm³/mol. The van der Waals surface area contributed by atoms with Crippen LogP contribution in [0.1, 0.15) is 0 Å². The van der Waals surface area contributed by atoms with E-state index in [1.807, 2.05) is 0 Å². The highest BCUT2D eigenvalue weighted by Crippen LogP contribution is 2.40. The Morgan fingerprint density at radius 3 is 1.80 bits per heavy atom. The van der Waals surface area contributed by atoms with Gasteiger partial charge in [0.25, 0.3) is 0 Å². The van der Waals surface area contributed by atoms with Crippen LogP contribution in [-0.2, 0) is 28.5 Å². The molecule has 0 aromatic heterocycles. The minimum absolute atomic E-state index is 0.421. The van der Waals surface area contributed by atoms with E-state index in [1.165, 1.54) is 0 Å². The van der Waals surface area contributed by atoms with Gasteiger partial charge in [-0.1, -0.05) is 24.3 Å². The average Bonchev–Trinajstić information content (AvgIpc) is 2.91. The zero-order valence-corrected chi connectivity index (χ0v) is 11.5. The zero-order valence-electron chi connectivity index (χ0n) is 11.5. The highest BCUT2D eigenvalue weighted by atomic mass is 16.6. The minimum Gasteiger partial charge on any atom is -0.393 e. The molecule has 4 atom stereocenters. The van der Waals surface area contributed by atoms with Crippen LogP contribution in [0.5, 0.6) is 0 Å². The third-order valence-corrected chi connectivity index (χ3v) is 3.33. The summed E-state index contributed by atoms with van der Waals surface area (Å²) in [4.78, 5) is 23.5. The van der Waals surface area contributed by atoms with Crippen molar-refractivity contribution in [2.75, 3.05) is 27.4 Å². The first-order chi connectivity index (χ1) is 9.69. The molecule has 2 aliphatic rings. The lowest BCUT2D eigenvalue weighted by atomic mass is 9.89. The van der Waals surface area contributed by atoms with Crippen LogP contribution in [0.25, 0.3) is 0 Å². The number of fused-ring (bicyclic) bond motifs is 1. The maximum absolute atomic E-state index is 11.7. The Hall–Kier alpha value is -1.50. The summed E-state index contributed by atoms with van der Waals surface area (Å²) < 4.78 is 20.3. The second-order valence-corrected chi connectivity index (χ2v) is 4.62. The van der Waals surface area contributed by atoms with E-state index >= 15 is 0 Å². The molecular weight excluding hydrogens is 264 g/mol. The van der Waals surface area contributed by atoms with Gasteiger partial charge in [0.15, 0.2) is 0 Å². The molecule has 0 aromatic rings. The van der Waals surface area contributed by atoms with E-state index < -0.39 is 36.0 Å². The molecule has 2 heterocycles. The number of hydrogen-bond donors (Lipinski definition) is 0. The summed E-state index contributed by atoms with van der Waals surface area (Å²) in [6.07, 6.45) is 6.08. The SMILES string of the molecule is COC/C=C/[C@@H]1O[C@H](/C=C/COC)C2C(=O)OC(=O)C21. The largest absolute Gasteiger partial charge is 0.393 e. The number of esters is 2. The van der Waals surface area contributed by atoms with Crippen molar-refractivity contribution < 1.29 is 28.5 Å². The van der Waals surface area contributed by atoms with Crippen molar-refractivity contribution in [2.45, 2.75) is 12.2 Å². The number of methoxy groups -OCH3 is 2. The van der Waals surface area contributed by atoms with Gasteiger partial charge in [0.05, 0.1) is 25.4 Å². The van der Waals surface area contributed by atoms with Gasteiger partial charge < -0.3 is 18.9 Å². The van der Waals surface area contributed by atoms with Gasteiger partial charge in [0.2, 0.25) is 0 Å². The fourth-order valence-corrected chi connectivity index (χ4v) is 2.46. The van der Waals surface area contributed by atoms with E-state index in [4.69, 9.17) is 18.9 Å². The van der Waals surface area contributed by atoms with Crippen LogP contribution in [0.15, 0.2) is 24.3 Å². The second kappa shape index (κ2) is 6.78. The molecule has 6 nitrogen and oxygen atoms in total. The zero-order chi connectivity index (χ0) is 14.5. The number of ether oxygens (including phenoxy) is 4. The van der Waals surface area contributed by atoms with E-state index in [9.17, 15) is 9.59 Å². The Balaban J connectivity index is 2.12. The van der Waals surface area contributed by atoms with Crippen molar-refractivity contribution in [1.29, 1.82) is 0 Å². The van der Waals surface area contributed by atoms with Crippen LogP contribution in [0.4, 0.5) is 0 Å². The normalized spacial score (nSPS) is 33.3. The van der Waals surface area contributed by atoms with Crippen molar-refractivity contribution in [2.24, 2.45) is 11.8 Å². The number of carbonyl (C=O) groups excluding carboxylic acids is 2. The van der Waals surface area contributed by atoms with Crippen LogP contribution >= 0.6 is 0 Å². The van der Waals surface area contributed by atoms with Crippen molar-refractivity contribution >= 4 is 11.9 Å². The fraction of sp³-hybridized carbons (Fsp3) is 0.571. The summed E-state index contributed by atoms with van der Waals surface area (Å²) in [5.41, 5.74) is 0. The Morgan fingerprint density at radius 1 is 0.950 bits per heavy atom. The summed E-state index contributed by atoms with van der Waals surface area (Å²) in [6.45, 7) is 0.842. The molecule has 2 saturated heterocycles. The van der Waals surface area contributed by atoms with Crippen molar-refractivity contribution in [3.63, 3.8) is 0 Å². The number of hydrogen-bond acceptors (Lipinski definition) is 6. The van der Waals surface area contributed by atoms with Crippen molar-refractivity contribution in [3.05, 3.63) is 24.3 Å². The molecular formula is C14H18O6. The first kappa shape index (κ1) is 14.9. The Morgan fingerprint density at radius 2 is 1.40 bits per heavy atom. The predicted octanol–water partition coefficient (Wildman–Crippen LogP) is 0.475. The molecule has 0 aromatic carbocycles. The molecule has 0 saturated carbocycles. The standard InChI is InChI=1S/C14H18O6/c1-17-7-3-5-9-11-12(14(16)20-13(11)15)10(19-9)6-4-8-18-2/h3-6,9-12H,7-8H2,1-2H3/b5-3+,6-4+/t9-,10+,11?,12?. The monoisotopic (exact) mass is 282 g/mol. The smallest absolute Gasteiger partial charge is 0.320 e. The van der Waals surface area contributed by atoms with Crippen molar-refractivity contribution in [1.82, 2.24) is 0 Å². The third kappa shape index (κ3) is 2.98. The molecule has 2 aliphatic heterocycles. The Labute approximate surface area is 117 Å². The van der Waals surface area contributed by atoms with Gasteiger partial charge >= 0.3 is 11.9 Å². The average molecular weight is 282 g/mol. The van der Waals surface area contributed by atoms with Crippen LogP contribution in [-0.4, -0.2) is 51.6 Å². The lowest BCUT2D eigenvalue weighted by Crippen LogP contribution is -2.23. The third-order valence-electron chi connectivity index (χ3n) is 3.33. The van der Waals surface area contributed by atoms with Crippen LogP contribution < -0.4 is 0 Å². The molecule has 110 valence electrons. The lowest BCUT2D eigenvalue weighted by molar-refractivity contribution is -0.156. The fourth-order valence-electron chi connectivity index (χ4n) is 2.46. The number of rotatable bonds is 6. The number of cyclic esters (lactones) is 2. The highest BCUT2D eigenvalue weighted by molar-refractivity contribution is 5.98. The van der Waals surface area contributed by atoms with Gasteiger partial charge in [-0.3, -0.25) is 9.59 Å². The van der Waals surface area contributed by atoms with E-state index in [0.717, 1.165) is 0 Å². The van der Waals surface area contributed by atoms with Crippen LogP contribution in [0, 0.1) is 11.8 Å². The Kier molecular flexibility index (Phi) is 5.05. The van der Waals surface area contributed by atoms with Gasteiger partial charge in [0.1, 0.15) is 11.8 Å². The molecule has 0 bridgehead atoms. The lowest BCUT2D eigenvalue weighted by Gasteiger charge is -2.11. The molecule has 6 heteroatoms. The first-order valence-corrected chi connectivity index (χ1v) is 6.41. The van der Waals surface area contributed by atoms with Gasteiger partial charge in [-0.25, -0.2) is 0 Å². The summed E-state index contributed by atoms with van der Waals surface area (Å²) >= 11 is 0. The van der Waals surface area contributed by atoms with E-state index in [2.05, 4.69) is 0 Å². The molecule has 0 spiro atoms. The second-order valence-electron chi connectivity index (χ2n) is 4.62. The highest BCUT2D eigenvalue weighted by Gasteiger charge is 2.57. The van der Waals surface area contributed by atoms with Crippen LogP contribution in [0.3, 0.4) is 0 Å². The quantitative estimate of drug-likeness (QED) is 0.401. The van der Waals surface area contributed by atoms with Crippen LogP contribution in [0.2, 0.25) is 0 Å². The summed E-state index contributed by atoms with van der Waals surface area (Å²) in [5.74, 6) is -2.19. The molecule has 0 radical (unpaired) electrons. The molecule has 2 unspecified atom stereocenters. The number of carbonyl (C=O) groups is 2. The van der Waals surface area contributed by atoms with E-state index in [1.54, 1.807) is 38.5 Å². The first-order valence-electron chi connectivity index (χ1n) is 6.41. The van der Waals surface area contributed by atoms with Gasteiger partial charge in [0, 0.05) is 14.2 Å². The summed E-state index contributed by atoms with van der Waals surface area (Å²) in [5, 5.41) is 0. The van der Waals surface area contributed by atoms with Crippen molar-refractivity contribution in [3.8, 4) is 0 Å². The maximum Gasteiger partial charge on any atom is 0.320 e. The van der Waals surface area contributed by atoms with Gasteiger partial charge in [-0.15, -0.1) is 0 Å². The molecule has 2 fully saturated rings. The topological polar surface area (TPSA) is 71.1 Å². The van der Waals surface area contributed by atoms with E-state index in [-0.39, 0.29) is 0 Å². The molecule has 0 amide bonds. The van der Waals surface area contributed by atoms with E-state index in [0.29, 0.717) is 13.2 Å². The molecule has 2 rings (SSSR count). The minimum atomic E-state index is -0.576. The molecule has 20 heavy (non-hydrogen) atoms. The summed E-state index contributed by atoms with van der Waals surface area (Å²) in [6, 6.07) is 0. The van der Waals surface area contributed by atoms with Gasteiger partial charge in [-0.2, -0.15) is 0 Å². The molecule has 0 N–H and O–H groups in total. The molecule has 0 aliphatic carbocycles. The van der Waals surface area contributed by atoms with Gasteiger partial charge in [-0.05, 0) is 0 Å². The Bertz CT molecular complexity index is 389. The summed E-state index contributed by atoms with van der Waals surface area (Å²) in [7, 11) is 3.15.